The average molecular weight is 545 g/mol. The fourth-order valence-corrected chi connectivity index (χ4v) is 6.86. The average Bonchev–Trinajstić information content (AvgIpc) is 3.48. The van der Waals surface area contributed by atoms with Crippen molar-refractivity contribution in [2.24, 2.45) is 17.3 Å². The molecular weight excluding hydrogens is 500 g/mol. The predicted octanol–water partition coefficient (Wildman–Crippen LogP) is 3.38. The number of nitrogens with zero attached hydrogens (tertiary/aromatic N) is 2. The Labute approximate surface area is 231 Å². The summed E-state index contributed by atoms with van der Waals surface area (Å²) in [4.78, 5) is 43.2. The number of likely N-dealkylation sites (tertiary alicyclic amines) is 2. The molecule has 5 unspecified atom stereocenters. The summed E-state index contributed by atoms with van der Waals surface area (Å²) in [7, 11) is 0. The minimum atomic E-state index is -1.33. The maximum absolute atomic E-state index is 13.6. The molecule has 9 nitrogen and oxygen atoms in total. The molecule has 1 saturated carbocycles. The number of ether oxygens (including phenoxy) is 1. The zero-order valence-corrected chi connectivity index (χ0v) is 23.7. The Morgan fingerprint density at radius 3 is 2.44 bits per heavy atom. The van der Waals surface area contributed by atoms with E-state index in [9.17, 15) is 29.7 Å². The van der Waals surface area contributed by atoms with Crippen molar-refractivity contribution in [1.29, 1.82) is 0 Å². The molecule has 3 aliphatic rings. The summed E-state index contributed by atoms with van der Waals surface area (Å²) in [6.45, 7) is 9.67. The van der Waals surface area contributed by atoms with Gasteiger partial charge < -0.3 is 29.9 Å². The third-order valence-electron chi connectivity index (χ3n) is 9.82. The van der Waals surface area contributed by atoms with Gasteiger partial charge in [0.25, 0.3) is 5.91 Å². The normalized spacial score (nSPS) is 29.3. The molecule has 1 aliphatic carbocycles. The number of phenolic OH excluding ortho intramolecular Hbond substituents is 2. The van der Waals surface area contributed by atoms with E-state index in [1.54, 1.807) is 4.90 Å². The van der Waals surface area contributed by atoms with Crippen LogP contribution in [0.25, 0.3) is 0 Å². The van der Waals surface area contributed by atoms with Crippen LogP contribution in [0.1, 0.15) is 78.2 Å². The molecule has 2 aliphatic heterocycles. The van der Waals surface area contributed by atoms with Gasteiger partial charge in [-0.05, 0) is 69.1 Å². The zero-order valence-electron chi connectivity index (χ0n) is 23.7. The highest BCUT2D eigenvalue weighted by Crippen LogP contribution is 2.53. The van der Waals surface area contributed by atoms with Crippen molar-refractivity contribution in [3.05, 3.63) is 23.8 Å². The number of phenols is 2. The van der Waals surface area contributed by atoms with Crippen molar-refractivity contribution in [2.75, 3.05) is 19.6 Å². The van der Waals surface area contributed by atoms with Crippen LogP contribution in [0.15, 0.2) is 18.2 Å². The first-order valence-electron chi connectivity index (χ1n) is 14.4. The second-order valence-corrected chi connectivity index (χ2v) is 12.4. The third kappa shape index (κ3) is 5.74. The van der Waals surface area contributed by atoms with Crippen molar-refractivity contribution in [3.63, 3.8) is 0 Å². The number of aliphatic hydroxyl groups is 1. The lowest BCUT2D eigenvalue weighted by atomic mass is 9.72. The van der Waals surface area contributed by atoms with Crippen molar-refractivity contribution in [1.82, 2.24) is 9.80 Å². The largest absolute Gasteiger partial charge is 0.504 e. The Morgan fingerprint density at radius 2 is 1.77 bits per heavy atom. The predicted molar refractivity (Wildman–Crippen MR) is 145 cm³/mol. The van der Waals surface area contributed by atoms with Gasteiger partial charge in [0, 0.05) is 31.5 Å². The summed E-state index contributed by atoms with van der Waals surface area (Å²) in [6, 6.07) is 3.56. The Hall–Kier alpha value is -2.81. The summed E-state index contributed by atoms with van der Waals surface area (Å²) < 4.78 is 6.20. The molecule has 0 spiro atoms. The fraction of sp³-hybridized carbons (Fsp3) is 0.700. The van der Waals surface area contributed by atoms with Crippen LogP contribution in [0.5, 0.6) is 11.5 Å². The Morgan fingerprint density at radius 1 is 1.05 bits per heavy atom. The number of hydrogen-bond donors (Lipinski definition) is 3. The third-order valence-corrected chi connectivity index (χ3v) is 9.82. The minimum absolute atomic E-state index is 0.0180. The maximum Gasteiger partial charge on any atom is 0.329 e. The van der Waals surface area contributed by atoms with Gasteiger partial charge in [-0.2, -0.15) is 0 Å². The Bertz CT molecular complexity index is 1090. The highest BCUT2D eigenvalue weighted by molar-refractivity contribution is 5.88. The summed E-state index contributed by atoms with van der Waals surface area (Å²) in [5.41, 5.74) is -0.200. The minimum Gasteiger partial charge on any atom is -0.504 e. The van der Waals surface area contributed by atoms with E-state index in [4.69, 9.17) is 4.74 Å². The van der Waals surface area contributed by atoms with Crippen molar-refractivity contribution < 1.29 is 34.4 Å². The number of aliphatic hydroxyl groups excluding tert-OH is 1. The zero-order chi connectivity index (χ0) is 28.5. The molecule has 9 heteroatoms. The summed E-state index contributed by atoms with van der Waals surface area (Å²) >= 11 is 0. The lowest BCUT2D eigenvalue weighted by Crippen LogP contribution is -2.53. The molecule has 2 heterocycles. The van der Waals surface area contributed by atoms with Gasteiger partial charge in [-0.3, -0.25) is 9.59 Å². The molecule has 5 atom stereocenters. The van der Waals surface area contributed by atoms with E-state index < -0.39 is 29.6 Å². The van der Waals surface area contributed by atoms with Gasteiger partial charge in [0.2, 0.25) is 5.91 Å². The van der Waals surface area contributed by atoms with Gasteiger partial charge in [0.05, 0.1) is 5.92 Å². The molecule has 4 rings (SSSR count). The lowest BCUT2D eigenvalue weighted by Gasteiger charge is -2.42. The van der Waals surface area contributed by atoms with E-state index in [0.29, 0.717) is 43.8 Å². The van der Waals surface area contributed by atoms with Crippen LogP contribution < -0.4 is 0 Å². The van der Waals surface area contributed by atoms with Crippen LogP contribution >= 0.6 is 0 Å². The van der Waals surface area contributed by atoms with Gasteiger partial charge in [-0.25, -0.2) is 4.79 Å². The number of carbonyl (C=O) groups excluding carboxylic acids is 3. The summed E-state index contributed by atoms with van der Waals surface area (Å²) in [5.74, 6) is -1.48. The second-order valence-electron chi connectivity index (χ2n) is 12.4. The van der Waals surface area contributed by atoms with Crippen molar-refractivity contribution in [2.45, 2.75) is 96.8 Å². The number of amides is 2. The van der Waals surface area contributed by atoms with E-state index >= 15 is 0 Å². The molecule has 3 fully saturated rings. The van der Waals surface area contributed by atoms with E-state index in [2.05, 4.69) is 20.8 Å². The van der Waals surface area contributed by atoms with Crippen molar-refractivity contribution >= 4 is 17.8 Å². The molecular formula is C30H44N2O7. The number of benzene rings is 1. The first-order valence-corrected chi connectivity index (χ1v) is 14.4. The SMILES string of the molecule is CCC1CCC(C)(OC(=O)C2CCCN2C(=O)C2CCCN(C(=O)C(O)Cc3ccc(O)c(O)c3)C2)C1(C)C. The van der Waals surface area contributed by atoms with Crippen LogP contribution in [-0.2, 0) is 25.5 Å². The van der Waals surface area contributed by atoms with Crippen LogP contribution in [-0.4, -0.2) is 80.3 Å². The number of hydrogen-bond acceptors (Lipinski definition) is 7. The van der Waals surface area contributed by atoms with Gasteiger partial charge in [0.15, 0.2) is 11.5 Å². The van der Waals surface area contributed by atoms with Gasteiger partial charge >= 0.3 is 5.97 Å². The molecule has 0 bridgehead atoms. The molecule has 0 radical (unpaired) electrons. The number of esters is 1. The first-order chi connectivity index (χ1) is 18.4. The second kappa shape index (κ2) is 11.4. The van der Waals surface area contributed by atoms with Crippen molar-refractivity contribution in [3.8, 4) is 11.5 Å². The molecule has 3 N–H and O–H groups in total. The number of rotatable bonds is 7. The monoisotopic (exact) mass is 544 g/mol. The molecule has 1 aromatic carbocycles. The fourth-order valence-electron chi connectivity index (χ4n) is 6.86. The van der Waals surface area contributed by atoms with Crippen LogP contribution in [0.2, 0.25) is 0 Å². The van der Waals surface area contributed by atoms with E-state index in [1.807, 2.05) is 6.92 Å². The number of carbonyl (C=O) groups is 3. The smallest absolute Gasteiger partial charge is 0.329 e. The van der Waals surface area contributed by atoms with Gasteiger partial charge in [-0.15, -0.1) is 0 Å². The highest BCUT2D eigenvalue weighted by Gasteiger charge is 2.54. The van der Waals surface area contributed by atoms with Crippen LogP contribution in [0.4, 0.5) is 0 Å². The number of aromatic hydroxyl groups is 2. The lowest BCUT2D eigenvalue weighted by molar-refractivity contribution is -0.177. The van der Waals surface area contributed by atoms with Gasteiger partial charge in [-0.1, -0.05) is 33.3 Å². The van der Waals surface area contributed by atoms with Gasteiger partial charge in [0.1, 0.15) is 17.7 Å². The molecule has 2 saturated heterocycles. The topological polar surface area (TPSA) is 128 Å². The molecule has 0 aromatic heterocycles. The molecule has 1 aromatic rings. The number of piperidine rings is 1. The summed E-state index contributed by atoms with van der Waals surface area (Å²) in [5, 5.41) is 29.8. The molecule has 216 valence electrons. The molecule has 2 amide bonds. The Balaban J connectivity index is 1.38. The highest BCUT2D eigenvalue weighted by atomic mass is 16.6. The molecule has 39 heavy (non-hydrogen) atoms. The maximum atomic E-state index is 13.6. The van der Waals surface area contributed by atoms with E-state index in [0.717, 1.165) is 25.7 Å². The summed E-state index contributed by atoms with van der Waals surface area (Å²) in [6.07, 6.45) is 4.08. The van der Waals surface area contributed by atoms with E-state index in [-0.39, 0.29) is 41.8 Å². The van der Waals surface area contributed by atoms with Crippen LogP contribution in [0, 0.1) is 17.3 Å². The first kappa shape index (κ1) is 29.2. The van der Waals surface area contributed by atoms with E-state index in [1.165, 1.54) is 23.1 Å². The standard InChI is InChI=1S/C30H44N2O7/c1-5-21-12-13-30(4,29(21,2)3)39-28(38)22-9-7-15-32(22)26(36)20-8-6-14-31(18-20)27(37)25(35)17-19-10-11-23(33)24(34)16-19/h10-11,16,20-22,25,33-35H,5-9,12-15,17-18H2,1-4H3. The van der Waals surface area contributed by atoms with Crippen LogP contribution in [0.3, 0.4) is 0 Å². The quantitative estimate of drug-likeness (QED) is 0.355. The Kier molecular flexibility index (Phi) is 8.50.